The van der Waals surface area contributed by atoms with Gasteiger partial charge in [-0.15, -0.1) is 0 Å². The molecule has 2 aromatic carbocycles. The van der Waals surface area contributed by atoms with Crippen LogP contribution >= 0.6 is 0 Å². The molecule has 3 aliphatic heterocycles. The van der Waals surface area contributed by atoms with Crippen LogP contribution in [0.3, 0.4) is 0 Å². The first kappa shape index (κ1) is 72.4. The van der Waals surface area contributed by atoms with Crippen molar-refractivity contribution in [2.45, 2.75) is 213 Å². The van der Waals surface area contributed by atoms with Crippen molar-refractivity contribution in [2.24, 2.45) is 34.4 Å². The van der Waals surface area contributed by atoms with Crippen LogP contribution in [0.2, 0.25) is 0 Å². The Labute approximate surface area is 525 Å². The van der Waals surface area contributed by atoms with Crippen molar-refractivity contribution in [3.63, 3.8) is 0 Å². The van der Waals surface area contributed by atoms with Gasteiger partial charge in [0.05, 0.1) is 11.4 Å². The van der Waals surface area contributed by atoms with Crippen molar-refractivity contribution in [1.29, 1.82) is 0 Å². The molecule has 0 radical (unpaired) electrons. The number of hydrazine groups is 1. The van der Waals surface area contributed by atoms with Gasteiger partial charge in [0.2, 0.25) is 53.2 Å². The van der Waals surface area contributed by atoms with E-state index in [1.165, 1.54) is 11.8 Å². The zero-order valence-corrected chi connectivity index (χ0v) is 55.0. The standard InChI is InChI=1S/C63H99N13O12S/c1-36(2)32-48(72-61(85)51-21-17-31-76(51)42(10)77)56(80)67-35-52(78)68-47(23-22-43-18-14-13-15-19-43)58(82)69-46(20-16-28-66-62(64)75-89(86,87)54-40(8)39(7)53-45(41(54)9)24-27-63(11,12)88-53)57(81)70-49(33-37(3)4)59(83)71-50(34-38(5)6)60(84)74-73-55(79)44-25-29-65-30-26-44/h13-15,18-19,36-38,44,46-51,65H,16-17,20-35H2,1-12H3,(H,67,80)(H,68,78)(H,69,82)(H,70,81)(H,71,83)(H,72,85)(H,73,79)(H,74,84)(H3,64,66,75)/t46-,47-,48-,49-,50+,51-/m0/s1. The van der Waals surface area contributed by atoms with E-state index in [2.05, 4.69) is 57.8 Å². The highest BCUT2D eigenvalue weighted by atomic mass is 32.2. The summed E-state index contributed by atoms with van der Waals surface area (Å²) in [7, 11) is -4.28. The largest absolute Gasteiger partial charge is 0.487 e. The number of nitrogens with one attached hydrogen (secondary N) is 10. The lowest BCUT2D eigenvalue weighted by Gasteiger charge is -2.35. The van der Waals surface area contributed by atoms with E-state index in [9.17, 15) is 51.6 Å². The number of guanidine groups is 1. The molecule has 2 saturated heterocycles. The van der Waals surface area contributed by atoms with Crippen LogP contribution in [0, 0.1) is 44.4 Å². The maximum atomic E-state index is 14.8. The summed E-state index contributed by atoms with van der Waals surface area (Å²) in [5, 5.41) is 19.6. The fourth-order valence-corrected chi connectivity index (χ4v) is 13.0. The van der Waals surface area contributed by atoms with Gasteiger partial charge >= 0.3 is 0 Å². The highest BCUT2D eigenvalue weighted by Gasteiger charge is 2.38. The highest BCUT2D eigenvalue weighted by molar-refractivity contribution is 7.90. The molecule has 12 N–H and O–H groups in total. The van der Waals surface area contributed by atoms with Crippen LogP contribution in [0.25, 0.3) is 0 Å². The number of nitrogens with two attached hydrogens (primary N) is 1. The molecule has 5 rings (SSSR count). The summed E-state index contributed by atoms with van der Waals surface area (Å²) in [5.74, 6) is -5.87. The molecule has 25 nitrogen and oxygen atoms in total. The summed E-state index contributed by atoms with van der Waals surface area (Å²) in [6.45, 7) is 22.7. The van der Waals surface area contributed by atoms with Gasteiger partial charge in [0.25, 0.3) is 15.9 Å². The molecule has 0 spiro atoms. The molecule has 2 fully saturated rings. The van der Waals surface area contributed by atoms with Crippen LogP contribution in [0.15, 0.2) is 40.2 Å². The number of fused-ring (bicyclic) bond motifs is 1. The number of carbonyl (C=O) groups is 9. The van der Waals surface area contributed by atoms with E-state index in [0.29, 0.717) is 80.6 Å². The number of rotatable bonds is 29. The third-order valence-electron chi connectivity index (χ3n) is 16.4. The summed E-state index contributed by atoms with van der Waals surface area (Å²) in [6, 6.07) is 2.27. The maximum Gasteiger partial charge on any atom is 0.264 e. The fourth-order valence-electron chi connectivity index (χ4n) is 11.5. The number of hydrogen-bond acceptors (Lipinski definition) is 14. The summed E-state index contributed by atoms with van der Waals surface area (Å²) in [4.78, 5) is 130. The molecule has 89 heavy (non-hydrogen) atoms. The predicted molar refractivity (Wildman–Crippen MR) is 338 cm³/mol. The van der Waals surface area contributed by atoms with E-state index >= 15 is 0 Å². The van der Waals surface area contributed by atoms with Crippen molar-refractivity contribution in [1.82, 2.24) is 57.7 Å². The van der Waals surface area contributed by atoms with Gasteiger partial charge in [0, 0.05) is 25.9 Å². The van der Waals surface area contributed by atoms with Crippen molar-refractivity contribution >= 4 is 69.1 Å². The Hall–Kier alpha value is -7.35. The number of amides is 9. The lowest BCUT2D eigenvalue weighted by Crippen LogP contribution is -2.59. The summed E-state index contributed by atoms with van der Waals surface area (Å²) < 4.78 is 36.9. The molecular formula is C63H99N13O12S. The van der Waals surface area contributed by atoms with Crippen LogP contribution in [0.4, 0.5) is 0 Å². The van der Waals surface area contributed by atoms with Gasteiger partial charge in [-0.05, 0) is 177 Å². The van der Waals surface area contributed by atoms with E-state index in [0.717, 1.165) is 11.1 Å². The number of nitrogens with zero attached hydrogens (tertiary/aromatic N) is 2. The second-order valence-corrected chi connectivity index (χ2v) is 27.4. The van der Waals surface area contributed by atoms with Gasteiger partial charge in [0.1, 0.15) is 47.6 Å². The molecule has 3 heterocycles. The SMILES string of the molecule is CC(=O)N1CCC[C@H]1C(=O)N[C@@H](CC(C)C)C(=O)NCC(=O)N[C@@H](CCc1ccccc1)C(=O)N[C@@H](CCCN=C(N)NS(=O)(=O)c1c(C)c(C)c2c(c1C)CCC(C)(C)O2)C(=O)N[C@@H](CC(C)C)C(=O)N[C@H](CC(C)C)C(=O)NNC(=O)C1CCNCC1. The average molecular weight is 1260 g/mol. The molecule has 26 heteroatoms. The van der Waals surface area contributed by atoms with Gasteiger partial charge < -0.3 is 52.6 Å². The van der Waals surface area contributed by atoms with Gasteiger partial charge in [0.15, 0.2) is 0 Å². The monoisotopic (exact) mass is 1260 g/mol. The first-order valence-electron chi connectivity index (χ1n) is 31.4. The Morgan fingerprint density at radius 1 is 0.697 bits per heavy atom. The van der Waals surface area contributed by atoms with Gasteiger partial charge in [-0.25, -0.2) is 13.1 Å². The van der Waals surface area contributed by atoms with Crippen LogP contribution in [-0.4, -0.2) is 147 Å². The predicted octanol–water partition coefficient (Wildman–Crippen LogP) is 2.56. The average Bonchev–Trinajstić information content (AvgIpc) is 1.16. The molecule has 6 atom stereocenters. The Balaban J connectivity index is 1.39. The number of carbonyl (C=O) groups excluding carboxylic acids is 9. The number of aryl methyl sites for hydroxylation is 1. The lowest BCUT2D eigenvalue weighted by atomic mass is 9.88. The van der Waals surface area contributed by atoms with Crippen LogP contribution in [-0.2, 0) is 66.0 Å². The molecule has 0 bridgehead atoms. The normalized spacial score (nSPS) is 17.6. The molecule has 0 unspecified atom stereocenters. The van der Waals surface area contributed by atoms with Crippen LogP contribution in [0.5, 0.6) is 5.75 Å². The van der Waals surface area contributed by atoms with Crippen molar-refractivity contribution < 1.29 is 56.3 Å². The van der Waals surface area contributed by atoms with E-state index in [1.807, 2.05) is 92.6 Å². The van der Waals surface area contributed by atoms with Gasteiger partial charge in [-0.2, -0.15) is 0 Å². The molecular weight excluding hydrogens is 1160 g/mol. The van der Waals surface area contributed by atoms with Crippen LogP contribution in [0.1, 0.15) is 161 Å². The minimum atomic E-state index is -4.28. The van der Waals surface area contributed by atoms with E-state index in [4.69, 9.17) is 10.5 Å². The number of aliphatic imine (C=N–C) groups is 1. The molecule has 9 amide bonds. The van der Waals surface area contributed by atoms with Gasteiger partial charge in [-0.3, -0.25) is 59.0 Å². The minimum absolute atomic E-state index is 0.0224. The number of hydrogen-bond donors (Lipinski definition) is 11. The highest BCUT2D eigenvalue weighted by Crippen LogP contribution is 2.42. The van der Waals surface area contributed by atoms with Crippen molar-refractivity contribution in [3.8, 4) is 5.75 Å². The summed E-state index contributed by atoms with van der Waals surface area (Å²) >= 11 is 0. The topological polar surface area (TPSA) is 359 Å². The lowest BCUT2D eigenvalue weighted by molar-refractivity contribution is -0.138. The first-order valence-corrected chi connectivity index (χ1v) is 32.9. The third kappa shape index (κ3) is 22.0. The van der Waals surface area contributed by atoms with E-state index in [-0.39, 0.29) is 91.9 Å². The number of piperidine rings is 1. The molecule has 0 aromatic heterocycles. The number of benzene rings is 2. The molecule has 2 aromatic rings. The number of ether oxygens (including phenoxy) is 1. The Bertz CT molecular complexity index is 2990. The van der Waals surface area contributed by atoms with Crippen molar-refractivity contribution in [2.75, 3.05) is 32.7 Å². The Kier molecular flexibility index (Phi) is 27.2. The summed E-state index contributed by atoms with van der Waals surface area (Å²) in [6.07, 6.45) is 4.22. The summed E-state index contributed by atoms with van der Waals surface area (Å²) in [5.41, 5.74) is 14.2. The number of sulfonamides is 1. The second-order valence-electron chi connectivity index (χ2n) is 25.8. The Morgan fingerprint density at radius 3 is 1.85 bits per heavy atom. The zero-order valence-electron chi connectivity index (χ0n) is 54.2. The van der Waals surface area contributed by atoms with Gasteiger partial charge in [-0.1, -0.05) is 71.9 Å². The Morgan fingerprint density at radius 2 is 1.26 bits per heavy atom. The third-order valence-corrected chi connectivity index (χ3v) is 18.0. The van der Waals surface area contributed by atoms with E-state index < -0.39 is 106 Å². The first-order chi connectivity index (χ1) is 41.9. The molecule has 0 aliphatic carbocycles. The maximum absolute atomic E-state index is 14.8. The second kappa shape index (κ2) is 33.5. The van der Waals surface area contributed by atoms with Crippen LogP contribution < -0.4 is 63.3 Å². The molecule has 0 saturated carbocycles. The molecule has 494 valence electrons. The van der Waals surface area contributed by atoms with E-state index in [1.54, 1.807) is 13.8 Å². The minimum Gasteiger partial charge on any atom is -0.487 e. The smallest absolute Gasteiger partial charge is 0.264 e. The zero-order chi connectivity index (χ0) is 65.9. The molecule has 3 aliphatic rings. The quantitative estimate of drug-likeness (QED) is 0.0242. The number of likely N-dealkylation sites (tertiary alicyclic amines) is 1. The fraction of sp³-hybridized carbons (Fsp3) is 0.651. The van der Waals surface area contributed by atoms with Crippen molar-refractivity contribution in [3.05, 3.63) is 58.1 Å².